The summed E-state index contributed by atoms with van der Waals surface area (Å²) in [5, 5.41) is 12.5. The summed E-state index contributed by atoms with van der Waals surface area (Å²) in [6.45, 7) is 8.53. The smallest absolute Gasteiger partial charge is 0.115 e. The Balaban J connectivity index is 2.09. The number of aromatic hydroxyl groups is 1. The minimum Gasteiger partial charge on any atom is -0.508 e. The molecule has 0 unspecified atom stereocenters. The van der Waals surface area contributed by atoms with Gasteiger partial charge in [0.25, 0.3) is 0 Å². The van der Waals surface area contributed by atoms with Crippen molar-refractivity contribution in [2.24, 2.45) is 0 Å². The topological polar surface area (TPSA) is 41.5 Å². The summed E-state index contributed by atoms with van der Waals surface area (Å²) in [7, 11) is 0. The fourth-order valence-corrected chi connectivity index (χ4v) is 1.29. The highest BCUT2D eigenvalue weighted by Gasteiger charge is 1.94. The number of ether oxygens (including phenoxy) is 1. The van der Waals surface area contributed by atoms with Gasteiger partial charge in [0.1, 0.15) is 5.75 Å². The van der Waals surface area contributed by atoms with Crippen molar-refractivity contribution in [2.75, 3.05) is 19.8 Å². The van der Waals surface area contributed by atoms with Gasteiger partial charge in [-0.2, -0.15) is 0 Å². The number of hydrogen-bond acceptors (Lipinski definition) is 3. The summed E-state index contributed by atoms with van der Waals surface area (Å²) in [4.78, 5) is 0. The first-order valence-electron chi connectivity index (χ1n) is 5.39. The maximum atomic E-state index is 9.25. The van der Waals surface area contributed by atoms with Crippen LogP contribution in [0.25, 0.3) is 0 Å². The summed E-state index contributed by atoms with van der Waals surface area (Å²) in [6.07, 6.45) is 0. The summed E-state index contributed by atoms with van der Waals surface area (Å²) in [6, 6.07) is 7.23. The highest BCUT2D eigenvalue weighted by Crippen LogP contribution is 2.10. The molecule has 0 amide bonds. The molecule has 16 heavy (non-hydrogen) atoms. The van der Waals surface area contributed by atoms with Crippen molar-refractivity contribution in [3.05, 3.63) is 42.0 Å². The van der Waals surface area contributed by atoms with E-state index in [0.29, 0.717) is 19.0 Å². The Kier molecular flexibility index (Phi) is 5.61. The van der Waals surface area contributed by atoms with Crippen molar-refractivity contribution in [3.8, 4) is 5.75 Å². The molecule has 0 heterocycles. The Morgan fingerprint density at radius 1 is 1.50 bits per heavy atom. The summed E-state index contributed by atoms with van der Waals surface area (Å²) in [5.74, 6) is 0.304. The molecular weight excluding hydrogens is 202 g/mol. The molecule has 1 rings (SSSR count). The fourth-order valence-electron chi connectivity index (χ4n) is 1.29. The van der Waals surface area contributed by atoms with Crippen molar-refractivity contribution in [2.45, 2.75) is 13.5 Å². The highest BCUT2D eigenvalue weighted by molar-refractivity contribution is 5.26. The van der Waals surface area contributed by atoms with E-state index in [4.69, 9.17) is 4.74 Å². The Morgan fingerprint density at radius 2 is 2.31 bits per heavy atom. The van der Waals surface area contributed by atoms with E-state index in [0.717, 1.165) is 24.2 Å². The lowest BCUT2D eigenvalue weighted by Crippen LogP contribution is -2.19. The predicted molar refractivity (Wildman–Crippen MR) is 65.4 cm³/mol. The summed E-state index contributed by atoms with van der Waals surface area (Å²) in [5.41, 5.74) is 2.10. The van der Waals surface area contributed by atoms with Gasteiger partial charge in [0.15, 0.2) is 0 Å². The lowest BCUT2D eigenvalue weighted by Gasteiger charge is -2.06. The quantitative estimate of drug-likeness (QED) is 0.547. The number of hydrogen-bond donors (Lipinski definition) is 2. The van der Waals surface area contributed by atoms with E-state index < -0.39 is 0 Å². The maximum absolute atomic E-state index is 9.25. The molecule has 1 aromatic carbocycles. The molecule has 1 aromatic rings. The third kappa shape index (κ3) is 5.53. The van der Waals surface area contributed by atoms with Crippen LogP contribution in [0.1, 0.15) is 12.5 Å². The number of phenolic OH excluding ortho intramolecular Hbond substituents is 1. The minimum absolute atomic E-state index is 0.304. The van der Waals surface area contributed by atoms with Crippen LogP contribution >= 0.6 is 0 Å². The van der Waals surface area contributed by atoms with E-state index in [1.54, 1.807) is 12.1 Å². The van der Waals surface area contributed by atoms with E-state index in [9.17, 15) is 5.11 Å². The molecule has 0 spiro atoms. The van der Waals surface area contributed by atoms with Crippen LogP contribution in [0.3, 0.4) is 0 Å². The molecule has 0 aliphatic carbocycles. The number of phenols is 1. The van der Waals surface area contributed by atoms with E-state index in [1.165, 1.54) is 0 Å². The first-order chi connectivity index (χ1) is 7.68. The molecule has 0 radical (unpaired) electrons. The Bertz CT molecular complexity index is 336. The van der Waals surface area contributed by atoms with Gasteiger partial charge in [0.05, 0.1) is 13.2 Å². The largest absolute Gasteiger partial charge is 0.508 e. The van der Waals surface area contributed by atoms with Crippen molar-refractivity contribution in [1.29, 1.82) is 0 Å². The fraction of sp³-hybridized carbons (Fsp3) is 0.385. The lowest BCUT2D eigenvalue weighted by molar-refractivity contribution is 0.158. The van der Waals surface area contributed by atoms with Crippen LogP contribution in [-0.2, 0) is 11.3 Å². The molecular formula is C13H19NO2. The first-order valence-corrected chi connectivity index (χ1v) is 5.39. The van der Waals surface area contributed by atoms with E-state index in [1.807, 2.05) is 19.1 Å². The van der Waals surface area contributed by atoms with Crippen LogP contribution < -0.4 is 5.32 Å². The molecule has 0 aliphatic rings. The molecule has 0 saturated carbocycles. The van der Waals surface area contributed by atoms with Gasteiger partial charge in [-0.1, -0.05) is 24.3 Å². The third-order valence-corrected chi connectivity index (χ3v) is 2.01. The van der Waals surface area contributed by atoms with E-state index in [-0.39, 0.29) is 0 Å². The average Bonchev–Trinajstić information content (AvgIpc) is 2.23. The van der Waals surface area contributed by atoms with Crippen LogP contribution in [0.4, 0.5) is 0 Å². The zero-order valence-corrected chi connectivity index (χ0v) is 9.70. The van der Waals surface area contributed by atoms with Gasteiger partial charge in [0.2, 0.25) is 0 Å². The average molecular weight is 221 g/mol. The minimum atomic E-state index is 0.304. The number of nitrogens with one attached hydrogen (secondary N) is 1. The van der Waals surface area contributed by atoms with Gasteiger partial charge in [-0.25, -0.2) is 0 Å². The van der Waals surface area contributed by atoms with Gasteiger partial charge >= 0.3 is 0 Å². The van der Waals surface area contributed by atoms with Crippen molar-refractivity contribution >= 4 is 0 Å². The number of rotatable bonds is 7. The van der Waals surface area contributed by atoms with Crippen LogP contribution in [0.5, 0.6) is 5.75 Å². The normalized spacial score (nSPS) is 10.3. The second kappa shape index (κ2) is 7.04. The monoisotopic (exact) mass is 221 g/mol. The highest BCUT2D eigenvalue weighted by atomic mass is 16.5. The second-order valence-electron chi connectivity index (χ2n) is 3.86. The van der Waals surface area contributed by atoms with Gasteiger partial charge in [-0.3, -0.25) is 0 Å². The molecule has 0 bridgehead atoms. The van der Waals surface area contributed by atoms with E-state index >= 15 is 0 Å². The van der Waals surface area contributed by atoms with Crippen LogP contribution in [-0.4, -0.2) is 24.9 Å². The van der Waals surface area contributed by atoms with Gasteiger partial charge in [-0.05, 0) is 24.6 Å². The molecule has 0 fully saturated rings. The van der Waals surface area contributed by atoms with Crippen LogP contribution in [0, 0.1) is 0 Å². The molecule has 2 N–H and O–H groups in total. The SMILES string of the molecule is C=C(C)COCCNCc1cccc(O)c1. The van der Waals surface area contributed by atoms with Gasteiger partial charge < -0.3 is 15.2 Å². The zero-order valence-electron chi connectivity index (χ0n) is 9.70. The third-order valence-electron chi connectivity index (χ3n) is 2.01. The molecule has 88 valence electrons. The Morgan fingerprint density at radius 3 is 3.00 bits per heavy atom. The molecule has 0 atom stereocenters. The predicted octanol–water partition coefficient (Wildman–Crippen LogP) is 2.07. The number of benzene rings is 1. The molecule has 0 aromatic heterocycles. The first kappa shape index (κ1) is 12.7. The lowest BCUT2D eigenvalue weighted by atomic mass is 10.2. The molecule has 0 saturated heterocycles. The standard InChI is InChI=1S/C13H19NO2/c1-11(2)10-16-7-6-14-9-12-4-3-5-13(15)8-12/h3-5,8,14-15H,1,6-7,9-10H2,2H3. The molecule has 0 aliphatic heterocycles. The molecule has 3 nitrogen and oxygen atoms in total. The van der Waals surface area contributed by atoms with Crippen molar-refractivity contribution in [1.82, 2.24) is 5.32 Å². The maximum Gasteiger partial charge on any atom is 0.115 e. The Labute approximate surface area is 96.8 Å². The Hall–Kier alpha value is -1.32. The van der Waals surface area contributed by atoms with Gasteiger partial charge in [0, 0.05) is 13.1 Å². The zero-order chi connectivity index (χ0) is 11.8. The molecule has 3 heteroatoms. The van der Waals surface area contributed by atoms with Crippen LogP contribution in [0.15, 0.2) is 36.4 Å². The van der Waals surface area contributed by atoms with Crippen molar-refractivity contribution in [3.63, 3.8) is 0 Å². The second-order valence-corrected chi connectivity index (χ2v) is 3.86. The summed E-state index contributed by atoms with van der Waals surface area (Å²) >= 11 is 0. The van der Waals surface area contributed by atoms with E-state index in [2.05, 4.69) is 11.9 Å². The van der Waals surface area contributed by atoms with Gasteiger partial charge in [-0.15, -0.1) is 0 Å². The van der Waals surface area contributed by atoms with Crippen LogP contribution in [0.2, 0.25) is 0 Å². The summed E-state index contributed by atoms with van der Waals surface area (Å²) < 4.78 is 5.35. The van der Waals surface area contributed by atoms with Crippen molar-refractivity contribution < 1.29 is 9.84 Å².